The third kappa shape index (κ3) is 4.55. The van der Waals surface area contributed by atoms with Crippen molar-refractivity contribution in [2.24, 2.45) is 5.92 Å². The minimum Gasteiger partial charge on any atom is -0.299 e. The number of hydrogen-bond donors (Lipinski definition) is 0. The van der Waals surface area contributed by atoms with Gasteiger partial charge in [0.05, 0.1) is 4.90 Å². The molecule has 0 amide bonds. The zero-order valence-electron chi connectivity index (χ0n) is 13.4. The molecule has 0 aliphatic heterocycles. The van der Waals surface area contributed by atoms with Crippen LogP contribution < -0.4 is 0 Å². The molecule has 0 spiro atoms. The van der Waals surface area contributed by atoms with Crippen molar-refractivity contribution in [3.63, 3.8) is 0 Å². The van der Waals surface area contributed by atoms with Crippen LogP contribution in [0.15, 0.2) is 29.2 Å². The van der Waals surface area contributed by atoms with Gasteiger partial charge in [0.1, 0.15) is 0 Å². The summed E-state index contributed by atoms with van der Waals surface area (Å²) in [6.07, 6.45) is 8.09. The maximum atomic E-state index is 11.5. The first-order valence-corrected chi connectivity index (χ1v) is 9.77. The largest absolute Gasteiger partial charge is 0.299 e. The summed E-state index contributed by atoms with van der Waals surface area (Å²) in [4.78, 5) is 2.79. The first-order chi connectivity index (χ1) is 9.88. The van der Waals surface area contributed by atoms with E-state index in [1.807, 2.05) is 12.1 Å². The molecule has 0 N–H and O–H groups in total. The monoisotopic (exact) mass is 309 g/mol. The van der Waals surface area contributed by atoms with Crippen molar-refractivity contribution in [1.29, 1.82) is 0 Å². The summed E-state index contributed by atoms with van der Waals surface area (Å²) in [5.41, 5.74) is 1.18. The van der Waals surface area contributed by atoms with Gasteiger partial charge < -0.3 is 0 Å². The van der Waals surface area contributed by atoms with Gasteiger partial charge in [-0.3, -0.25) is 4.90 Å². The van der Waals surface area contributed by atoms with Crippen LogP contribution >= 0.6 is 0 Å². The Morgan fingerprint density at radius 2 is 1.71 bits per heavy atom. The van der Waals surface area contributed by atoms with Crippen LogP contribution in [0, 0.1) is 5.92 Å². The molecule has 1 fully saturated rings. The van der Waals surface area contributed by atoms with E-state index in [1.54, 1.807) is 12.1 Å². The fourth-order valence-electron chi connectivity index (χ4n) is 3.18. The molecule has 1 aliphatic carbocycles. The van der Waals surface area contributed by atoms with Gasteiger partial charge in [-0.2, -0.15) is 0 Å². The van der Waals surface area contributed by atoms with E-state index >= 15 is 0 Å². The summed E-state index contributed by atoms with van der Waals surface area (Å²) >= 11 is 0. The second-order valence-corrected chi connectivity index (χ2v) is 8.48. The summed E-state index contributed by atoms with van der Waals surface area (Å²) in [5, 5.41) is 0. The lowest BCUT2D eigenvalue weighted by molar-refractivity contribution is 0.192. The molecule has 1 atom stereocenters. The minimum absolute atomic E-state index is 0.320. The predicted molar refractivity (Wildman–Crippen MR) is 87.2 cm³/mol. The van der Waals surface area contributed by atoms with Crippen molar-refractivity contribution in [2.75, 3.05) is 19.8 Å². The van der Waals surface area contributed by atoms with E-state index < -0.39 is 9.84 Å². The van der Waals surface area contributed by atoms with Crippen LogP contribution in [0.1, 0.15) is 50.6 Å². The third-order valence-corrected chi connectivity index (χ3v) is 5.85. The zero-order valence-corrected chi connectivity index (χ0v) is 14.2. The average molecular weight is 309 g/mol. The maximum Gasteiger partial charge on any atom is 0.175 e. The van der Waals surface area contributed by atoms with Gasteiger partial charge in [0.15, 0.2) is 9.84 Å². The smallest absolute Gasteiger partial charge is 0.175 e. The van der Waals surface area contributed by atoms with E-state index in [0.29, 0.717) is 10.9 Å². The molecule has 4 heteroatoms. The van der Waals surface area contributed by atoms with Gasteiger partial charge in [0.2, 0.25) is 0 Å². The Morgan fingerprint density at radius 3 is 2.24 bits per heavy atom. The molecule has 0 saturated heterocycles. The lowest BCUT2D eigenvalue weighted by Crippen LogP contribution is -2.29. The molecule has 2 rings (SSSR count). The Hall–Kier alpha value is -0.870. The number of sulfone groups is 1. The Kier molecular flexibility index (Phi) is 5.44. The summed E-state index contributed by atoms with van der Waals surface area (Å²) in [7, 11) is -0.931. The second-order valence-electron chi connectivity index (χ2n) is 6.46. The first kappa shape index (κ1) is 16.5. The van der Waals surface area contributed by atoms with Crippen LogP contribution in [0.25, 0.3) is 0 Å². The molecule has 0 heterocycles. The van der Waals surface area contributed by atoms with Crippen molar-refractivity contribution in [1.82, 2.24) is 4.90 Å². The molecule has 21 heavy (non-hydrogen) atoms. The highest BCUT2D eigenvalue weighted by Crippen LogP contribution is 2.27. The molecule has 0 radical (unpaired) electrons. The number of benzene rings is 1. The first-order valence-electron chi connectivity index (χ1n) is 7.88. The lowest BCUT2D eigenvalue weighted by Gasteiger charge is -2.31. The highest BCUT2D eigenvalue weighted by molar-refractivity contribution is 7.90. The Balaban J connectivity index is 1.99. The van der Waals surface area contributed by atoms with Gasteiger partial charge in [-0.25, -0.2) is 8.42 Å². The van der Waals surface area contributed by atoms with Crippen LogP contribution in [0.3, 0.4) is 0 Å². The van der Waals surface area contributed by atoms with Crippen molar-refractivity contribution < 1.29 is 8.42 Å². The van der Waals surface area contributed by atoms with Crippen LogP contribution in [0.2, 0.25) is 0 Å². The van der Waals surface area contributed by atoms with Gasteiger partial charge >= 0.3 is 0 Å². The fraction of sp³-hybridized carbons (Fsp3) is 0.647. The minimum atomic E-state index is -3.10. The Labute approximate surface area is 129 Å². The van der Waals surface area contributed by atoms with Gasteiger partial charge in [0.25, 0.3) is 0 Å². The van der Waals surface area contributed by atoms with Gasteiger partial charge in [0, 0.05) is 18.8 Å². The number of nitrogens with zero attached hydrogens (tertiary/aromatic N) is 1. The molecule has 1 saturated carbocycles. The lowest BCUT2D eigenvalue weighted by atomic mass is 9.88. The molecule has 1 aliphatic rings. The Bertz CT molecular complexity index is 545. The second kappa shape index (κ2) is 6.93. The molecule has 0 aromatic heterocycles. The van der Waals surface area contributed by atoms with Crippen molar-refractivity contribution in [2.45, 2.75) is 50.0 Å². The molecule has 3 nitrogen and oxygen atoms in total. The van der Waals surface area contributed by atoms with Crippen LogP contribution in [0.5, 0.6) is 0 Å². The van der Waals surface area contributed by atoms with Gasteiger partial charge in [-0.05, 0) is 50.4 Å². The standard InChI is InChI=1S/C17H27NO2S/c1-14(18(2)13-15-7-5-4-6-8-15)16-9-11-17(12-10-16)21(3,19)20/h9-12,14-15H,4-8,13H2,1-3H3. The molecule has 1 aromatic carbocycles. The van der Waals surface area contributed by atoms with E-state index in [0.717, 1.165) is 12.5 Å². The molecular formula is C17H27NO2S. The van der Waals surface area contributed by atoms with Crippen molar-refractivity contribution >= 4 is 9.84 Å². The van der Waals surface area contributed by atoms with Crippen molar-refractivity contribution in [3.8, 4) is 0 Å². The van der Waals surface area contributed by atoms with E-state index in [9.17, 15) is 8.42 Å². The molecule has 0 bridgehead atoms. The molecule has 1 unspecified atom stereocenters. The van der Waals surface area contributed by atoms with E-state index in [-0.39, 0.29) is 0 Å². The molecule has 118 valence electrons. The molecular weight excluding hydrogens is 282 g/mol. The molecule has 1 aromatic rings. The summed E-state index contributed by atoms with van der Waals surface area (Å²) in [6, 6.07) is 7.64. The maximum absolute atomic E-state index is 11.5. The highest BCUT2D eigenvalue weighted by Gasteiger charge is 2.19. The average Bonchev–Trinajstić information content (AvgIpc) is 2.46. The van der Waals surface area contributed by atoms with Gasteiger partial charge in [-0.1, -0.05) is 31.4 Å². The van der Waals surface area contributed by atoms with E-state index in [4.69, 9.17) is 0 Å². The number of rotatable bonds is 5. The van der Waals surface area contributed by atoms with E-state index in [1.165, 1.54) is 43.9 Å². The normalized spacial score (nSPS) is 18.9. The van der Waals surface area contributed by atoms with Crippen LogP contribution in [-0.4, -0.2) is 33.2 Å². The Morgan fingerprint density at radius 1 is 1.14 bits per heavy atom. The summed E-state index contributed by atoms with van der Waals surface area (Å²) in [5.74, 6) is 0.821. The third-order valence-electron chi connectivity index (χ3n) is 4.72. The van der Waals surface area contributed by atoms with E-state index in [2.05, 4.69) is 18.9 Å². The van der Waals surface area contributed by atoms with Crippen LogP contribution in [0.4, 0.5) is 0 Å². The fourth-order valence-corrected chi connectivity index (χ4v) is 3.81. The highest BCUT2D eigenvalue weighted by atomic mass is 32.2. The SMILES string of the molecule is CC(c1ccc(S(C)(=O)=O)cc1)N(C)CC1CCCCC1. The summed E-state index contributed by atoms with van der Waals surface area (Å²) < 4.78 is 23.0. The quantitative estimate of drug-likeness (QED) is 0.833. The predicted octanol–water partition coefficient (Wildman–Crippen LogP) is 3.66. The van der Waals surface area contributed by atoms with Crippen molar-refractivity contribution in [3.05, 3.63) is 29.8 Å². The summed E-state index contributed by atoms with van der Waals surface area (Å²) in [6.45, 7) is 3.33. The number of hydrogen-bond acceptors (Lipinski definition) is 3. The topological polar surface area (TPSA) is 37.4 Å². The van der Waals surface area contributed by atoms with Crippen LogP contribution in [-0.2, 0) is 9.84 Å². The zero-order chi connectivity index (χ0) is 15.5. The van der Waals surface area contributed by atoms with Gasteiger partial charge in [-0.15, -0.1) is 0 Å².